The molecule has 0 radical (unpaired) electrons. The number of hydrogen-bond donors (Lipinski definition) is 2. The first-order valence-corrected chi connectivity index (χ1v) is 5.05. The maximum Gasteiger partial charge on any atom is 0.246 e. The number of nitrogens with zero attached hydrogens (tertiary/aromatic N) is 1. The predicted molar refractivity (Wildman–Crippen MR) is 56.4 cm³/mol. The van der Waals surface area contributed by atoms with E-state index in [1.165, 1.54) is 0 Å². The number of ether oxygens (including phenoxy) is 1. The lowest BCUT2D eigenvalue weighted by Crippen LogP contribution is -2.30. The molecule has 0 saturated carbocycles. The molecule has 0 aliphatic rings. The van der Waals surface area contributed by atoms with Gasteiger partial charge >= 0.3 is 0 Å². The van der Waals surface area contributed by atoms with Crippen molar-refractivity contribution in [2.45, 2.75) is 26.4 Å². The van der Waals surface area contributed by atoms with Crippen molar-refractivity contribution >= 4 is 5.91 Å². The van der Waals surface area contributed by atoms with E-state index in [2.05, 4.69) is 15.3 Å². The number of H-pyrrole nitrogens is 1. The summed E-state index contributed by atoms with van der Waals surface area (Å²) in [4.78, 5) is 18.2. The largest absolute Gasteiger partial charge is 0.369 e. The maximum absolute atomic E-state index is 11.2. The number of aromatic nitrogens is 2. The zero-order valence-corrected chi connectivity index (χ0v) is 9.12. The monoisotopic (exact) mass is 211 g/mol. The van der Waals surface area contributed by atoms with E-state index in [9.17, 15) is 4.79 Å². The molecule has 0 atom stereocenters. The Morgan fingerprint density at radius 1 is 1.67 bits per heavy atom. The molecule has 2 N–H and O–H groups in total. The summed E-state index contributed by atoms with van der Waals surface area (Å²) in [5, 5.41) is 2.75. The number of imidazole rings is 1. The first-order chi connectivity index (χ1) is 7.18. The number of hydrogen-bond acceptors (Lipinski definition) is 3. The van der Waals surface area contributed by atoms with Gasteiger partial charge in [0.05, 0.1) is 6.10 Å². The van der Waals surface area contributed by atoms with Crippen LogP contribution in [0.2, 0.25) is 0 Å². The lowest BCUT2D eigenvalue weighted by atomic mass is 10.4. The average Bonchev–Trinajstić information content (AvgIpc) is 2.67. The summed E-state index contributed by atoms with van der Waals surface area (Å²) in [7, 11) is 0. The van der Waals surface area contributed by atoms with Crippen LogP contribution < -0.4 is 5.32 Å². The van der Waals surface area contributed by atoms with Gasteiger partial charge < -0.3 is 15.0 Å². The molecule has 0 fully saturated rings. The molecule has 1 heterocycles. The second-order valence-corrected chi connectivity index (χ2v) is 3.50. The third-order valence-corrected chi connectivity index (χ3v) is 1.79. The fraction of sp³-hybridized carbons (Fsp3) is 0.600. The lowest BCUT2D eigenvalue weighted by Gasteiger charge is -2.07. The molecule has 0 saturated heterocycles. The molecular weight excluding hydrogens is 194 g/mol. The summed E-state index contributed by atoms with van der Waals surface area (Å²) in [5.41, 5.74) is 0. The summed E-state index contributed by atoms with van der Waals surface area (Å²) >= 11 is 0. The van der Waals surface area contributed by atoms with Gasteiger partial charge in [-0.15, -0.1) is 0 Å². The molecule has 1 rings (SSSR count). The van der Waals surface area contributed by atoms with E-state index in [0.29, 0.717) is 13.0 Å². The van der Waals surface area contributed by atoms with Gasteiger partial charge in [0.15, 0.2) is 0 Å². The Kier molecular flexibility index (Phi) is 4.83. The molecule has 1 aromatic rings. The third-order valence-electron chi connectivity index (χ3n) is 1.79. The molecular formula is C10H17N3O2. The molecule has 0 spiro atoms. The predicted octanol–water partition coefficient (Wildman–Crippen LogP) is 0.493. The van der Waals surface area contributed by atoms with E-state index in [4.69, 9.17) is 4.74 Å². The standard InChI is InChI=1S/C10H17N3O2/c1-8(2)15-7-10(14)13-4-3-9-11-5-6-12-9/h5-6,8H,3-4,7H2,1-2H3,(H,11,12)(H,13,14). The summed E-state index contributed by atoms with van der Waals surface area (Å²) < 4.78 is 5.16. The minimum Gasteiger partial charge on any atom is -0.369 e. The average molecular weight is 211 g/mol. The second kappa shape index (κ2) is 6.19. The number of rotatable bonds is 6. The molecule has 5 heteroatoms. The molecule has 0 aliphatic carbocycles. The number of nitrogens with one attached hydrogen (secondary N) is 2. The molecule has 84 valence electrons. The van der Waals surface area contributed by atoms with Crippen LogP contribution in [0.5, 0.6) is 0 Å². The Balaban J connectivity index is 2.07. The summed E-state index contributed by atoms with van der Waals surface area (Å²) in [6.07, 6.45) is 4.25. The van der Waals surface area contributed by atoms with Crippen LogP contribution in [0.4, 0.5) is 0 Å². The molecule has 0 unspecified atom stereocenters. The Morgan fingerprint density at radius 3 is 3.07 bits per heavy atom. The first-order valence-electron chi connectivity index (χ1n) is 5.05. The van der Waals surface area contributed by atoms with Gasteiger partial charge in [0.25, 0.3) is 0 Å². The summed E-state index contributed by atoms with van der Waals surface area (Å²) in [5.74, 6) is 0.787. The van der Waals surface area contributed by atoms with E-state index < -0.39 is 0 Å². The minimum absolute atomic E-state index is 0.0841. The van der Waals surface area contributed by atoms with Crippen LogP contribution >= 0.6 is 0 Å². The van der Waals surface area contributed by atoms with Gasteiger partial charge in [0.1, 0.15) is 12.4 Å². The highest BCUT2D eigenvalue weighted by molar-refractivity contribution is 5.77. The number of amides is 1. The number of carbonyl (C=O) groups is 1. The minimum atomic E-state index is -0.0877. The van der Waals surface area contributed by atoms with Crippen molar-refractivity contribution in [1.82, 2.24) is 15.3 Å². The van der Waals surface area contributed by atoms with Crippen molar-refractivity contribution in [3.63, 3.8) is 0 Å². The fourth-order valence-electron chi connectivity index (χ4n) is 1.05. The normalized spacial score (nSPS) is 10.6. The molecule has 5 nitrogen and oxygen atoms in total. The van der Waals surface area contributed by atoms with Crippen LogP contribution in [0.25, 0.3) is 0 Å². The SMILES string of the molecule is CC(C)OCC(=O)NCCc1ncc[nH]1. The highest BCUT2D eigenvalue weighted by Crippen LogP contribution is 1.89. The summed E-state index contributed by atoms with van der Waals surface area (Å²) in [6.45, 7) is 4.50. The van der Waals surface area contributed by atoms with Crippen molar-refractivity contribution < 1.29 is 9.53 Å². The van der Waals surface area contributed by atoms with Gasteiger partial charge in [-0.1, -0.05) is 0 Å². The first kappa shape index (κ1) is 11.7. The zero-order chi connectivity index (χ0) is 11.1. The maximum atomic E-state index is 11.2. The highest BCUT2D eigenvalue weighted by Gasteiger charge is 2.02. The smallest absolute Gasteiger partial charge is 0.246 e. The molecule has 0 bridgehead atoms. The second-order valence-electron chi connectivity index (χ2n) is 3.50. The summed E-state index contributed by atoms with van der Waals surface area (Å²) in [6, 6.07) is 0. The number of carbonyl (C=O) groups excluding carboxylic acids is 1. The van der Waals surface area contributed by atoms with E-state index in [-0.39, 0.29) is 18.6 Å². The quantitative estimate of drug-likeness (QED) is 0.719. The highest BCUT2D eigenvalue weighted by atomic mass is 16.5. The zero-order valence-electron chi connectivity index (χ0n) is 9.12. The van der Waals surface area contributed by atoms with Crippen LogP contribution in [0, 0.1) is 0 Å². The van der Waals surface area contributed by atoms with Crippen LogP contribution in [0.1, 0.15) is 19.7 Å². The topological polar surface area (TPSA) is 67.0 Å². The number of aromatic amines is 1. The molecule has 15 heavy (non-hydrogen) atoms. The Labute approximate surface area is 89.2 Å². The van der Waals surface area contributed by atoms with Gasteiger partial charge in [-0.3, -0.25) is 4.79 Å². The Morgan fingerprint density at radius 2 is 2.47 bits per heavy atom. The van der Waals surface area contributed by atoms with Crippen LogP contribution in [0.3, 0.4) is 0 Å². The van der Waals surface area contributed by atoms with E-state index >= 15 is 0 Å². The third kappa shape index (κ3) is 5.17. The van der Waals surface area contributed by atoms with Gasteiger partial charge in [-0.05, 0) is 13.8 Å². The van der Waals surface area contributed by atoms with Gasteiger partial charge in [-0.25, -0.2) is 4.98 Å². The molecule has 0 aliphatic heterocycles. The van der Waals surface area contributed by atoms with Crippen LogP contribution in [-0.2, 0) is 16.0 Å². The Bertz CT molecular complexity index is 283. The van der Waals surface area contributed by atoms with Crippen LogP contribution in [0.15, 0.2) is 12.4 Å². The van der Waals surface area contributed by atoms with Crippen molar-refractivity contribution in [2.24, 2.45) is 0 Å². The Hall–Kier alpha value is -1.36. The van der Waals surface area contributed by atoms with E-state index in [1.807, 2.05) is 13.8 Å². The van der Waals surface area contributed by atoms with E-state index in [0.717, 1.165) is 5.82 Å². The van der Waals surface area contributed by atoms with Gasteiger partial charge in [-0.2, -0.15) is 0 Å². The molecule has 0 aromatic carbocycles. The van der Waals surface area contributed by atoms with Gasteiger partial charge in [0, 0.05) is 25.4 Å². The molecule has 1 amide bonds. The molecule has 1 aromatic heterocycles. The fourth-order valence-corrected chi connectivity index (χ4v) is 1.05. The van der Waals surface area contributed by atoms with E-state index in [1.54, 1.807) is 12.4 Å². The van der Waals surface area contributed by atoms with Crippen molar-refractivity contribution in [3.8, 4) is 0 Å². The van der Waals surface area contributed by atoms with Crippen molar-refractivity contribution in [3.05, 3.63) is 18.2 Å². The van der Waals surface area contributed by atoms with Crippen molar-refractivity contribution in [1.29, 1.82) is 0 Å². The van der Waals surface area contributed by atoms with Crippen molar-refractivity contribution in [2.75, 3.05) is 13.2 Å². The van der Waals surface area contributed by atoms with Crippen LogP contribution in [-0.4, -0.2) is 35.1 Å². The van der Waals surface area contributed by atoms with Gasteiger partial charge in [0.2, 0.25) is 5.91 Å². The lowest BCUT2D eigenvalue weighted by molar-refractivity contribution is -0.127.